The van der Waals surface area contributed by atoms with Crippen molar-refractivity contribution in [2.24, 2.45) is 0 Å². The number of imidazole rings is 1. The number of para-hydroxylation sites is 1. The third kappa shape index (κ3) is 9.41. The van der Waals surface area contributed by atoms with Crippen LogP contribution in [0.25, 0.3) is 83.9 Å². The van der Waals surface area contributed by atoms with Crippen LogP contribution in [0.1, 0.15) is 117 Å². The fourth-order valence-electron chi connectivity index (χ4n) is 8.66. The summed E-state index contributed by atoms with van der Waals surface area (Å²) < 4.78 is 81.7. The molecule has 4 nitrogen and oxygen atoms in total. The van der Waals surface area contributed by atoms with Crippen molar-refractivity contribution >= 4 is 11.0 Å². The first kappa shape index (κ1) is 37.6. The Labute approximate surface area is 431 Å². The zero-order valence-electron chi connectivity index (χ0n) is 49.6. The quantitative estimate of drug-likeness (QED) is 0.154. The minimum absolute atomic E-state index is 0. The molecule has 0 unspecified atom stereocenters. The Morgan fingerprint density at radius 2 is 1.22 bits per heavy atom. The molecule has 346 valence electrons. The second kappa shape index (κ2) is 18.6. The number of hydrogen-bond donors (Lipinski definition) is 1. The largest absolute Gasteiger partial charge is 0.507 e. The molecule has 0 radical (unpaired) electrons. The van der Waals surface area contributed by atoms with Gasteiger partial charge in [0.25, 0.3) is 0 Å². The number of benzene rings is 7. The van der Waals surface area contributed by atoms with Gasteiger partial charge in [-0.15, -0.1) is 29.3 Å². The smallest absolute Gasteiger partial charge is 0.148 e. The number of aromatic hydroxyl groups is 1. The van der Waals surface area contributed by atoms with Gasteiger partial charge in [0.15, 0.2) is 0 Å². The zero-order valence-corrected chi connectivity index (χ0v) is 42.8. The molecule has 5 heteroatoms. The summed E-state index contributed by atoms with van der Waals surface area (Å²) in [6, 6.07) is 37.9. The number of pyridine rings is 1. The number of phenolic OH excluding ortho intramolecular Hbond substituents is 1. The molecule has 2 heterocycles. The third-order valence-corrected chi connectivity index (χ3v) is 12.4. The van der Waals surface area contributed by atoms with E-state index < -0.39 is 59.2 Å². The number of hydrogen-bond acceptors (Lipinski definition) is 3. The van der Waals surface area contributed by atoms with Gasteiger partial charge in [-0.3, -0.25) is 9.55 Å². The second-order valence-electron chi connectivity index (χ2n) is 20.7. The number of aromatic nitrogens is 3. The number of nitrogens with zero attached hydrogens (tertiary/aromatic N) is 3. The normalized spacial score (nSPS) is 14.1. The predicted molar refractivity (Wildman–Crippen MR) is 282 cm³/mol. The Bertz CT molecular complexity index is 3760. The summed E-state index contributed by atoms with van der Waals surface area (Å²) >= 11 is 0. The molecular formula is C63H62N3OPt-. The fourth-order valence-corrected chi connectivity index (χ4v) is 8.66. The molecule has 0 saturated heterocycles. The molecule has 0 aliphatic heterocycles. The van der Waals surface area contributed by atoms with Crippen LogP contribution in [0.3, 0.4) is 0 Å². The van der Waals surface area contributed by atoms with E-state index in [2.05, 4.69) is 99.6 Å². The average Bonchev–Trinajstić information content (AvgIpc) is 3.82. The summed E-state index contributed by atoms with van der Waals surface area (Å²) in [5.74, 6) is -0.442. The van der Waals surface area contributed by atoms with E-state index in [1.54, 1.807) is 0 Å². The molecule has 0 spiro atoms. The topological polar surface area (TPSA) is 50.9 Å². The van der Waals surface area contributed by atoms with Crippen molar-refractivity contribution in [3.63, 3.8) is 0 Å². The Balaban J connectivity index is 0.00000784. The Morgan fingerprint density at radius 3 is 1.84 bits per heavy atom. The van der Waals surface area contributed by atoms with Gasteiger partial charge in [-0.05, 0) is 91.4 Å². The Morgan fingerprint density at radius 1 is 0.603 bits per heavy atom. The first-order valence-electron chi connectivity index (χ1n) is 27.3. The molecule has 0 amide bonds. The first-order valence-corrected chi connectivity index (χ1v) is 22.8. The molecule has 2 aromatic heterocycles. The summed E-state index contributed by atoms with van der Waals surface area (Å²) in [5, 5.41) is 12.8. The Hall–Kier alpha value is -6.35. The molecule has 0 aliphatic rings. The van der Waals surface area contributed by atoms with Crippen molar-refractivity contribution < 1.29 is 38.5 Å². The SMILES string of the molecule is [2H]c1nc(-c2[c-]c(-c3cccc4c3nc(-c3cc(C(C)(C)C)cc(C(C)(C)C)c3O)n4-c3cc(-c4ccccc4)c(C([2H])(C)C)cc3-c3ccccc3)cc(C(C)(C)C)c2)c([2H])c(-c2c([2H])c([2H])c([2H])c([2H])c2[2H])c1[2H].[Pt]. The van der Waals surface area contributed by atoms with Crippen LogP contribution < -0.4 is 0 Å². The summed E-state index contributed by atoms with van der Waals surface area (Å²) in [5.41, 5.74) is 9.05. The van der Waals surface area contributed by atoms with E-state index in [1.807, 2.05) is 107 Å². The maximum absolute atomic E-state index is 12.8. The van der Waals surface area contributed by atoms with E-state index in [0.717, 1.165) is 50.2 Å². The Kier molecular flexibility index (Phi) is 10.3. The van der Waals surface area contributed by atoms with Crippen molar-refractivity contribution in [2.75, 3.05) is 0 Å². The molecular weight excluding hydrogens is 1010 g/mol. The van der Waals surface area contributed by atoms with Crippen LogP contribution >= 0.6 is 0 Å². The molecule has 7 aromatic carbocycles. The van der Waals surface area contributed by atoms with Crippen LogP contribution in [0.15, 0.2) is 164 Å². The molecule has 9 aromatic rings. The van der Waals surface area contributed by atoms with Gasteiger partial charge in [0.2, 0.25) is 0 Å². The van der Waals surface area contributed by atoms with Crippen molar-refractivity contribution in [3.8, 4) is 78.6 Å². The van der Waals surface area contributed by atoms with Crippen LogP contribution in [-0.2, 0) is 37.3 Å². The minimum atomic E-state index is -1.02. The van der Waals surface area contributed by atoms with Crippen LogP contribution in [0, 0.1) is 6.07 Å². The zero-order chi connectivity index (χ0) is 55.3. The van der Waals surface area contributed by atoms with Gasteiger partial charge >= 0.3 is 0 Å². The third-order valence-electron chi connectivity index (χ3n) is 12.4. The molecule has 0 saturated carbocycles. The number of rotatable bonds is 8. The van der Waals surface area contributed by atoms with E-state index >= 15 is 0 Å². The van der Waals surface area contributed by atoms with E-state index in [-0.39, 0.29) is 55.1 Å². The van der Waals surface area contributed by atoms with Crippen LogP contribution in [0.5, 0.6) is 5.75 Å². The molecule has 0 bridgehead atoms. The van der Waals surface area contributed by atoms with Gasteiger partial charge in [0, 0.05) is 45.4 Å². The summed E-state index contributed by atoms with van der Waals surface area (Å²) in [6.45, 7) is 22.7. The van der Waals surface area contributed by atoms with Gasteiger partial charge in [-0.2, -0.15) is 0 Å². The van der Waals surface area contributed by atoms with Crippen LogP contribution in [0.4, 0.5) is 0 Å². The second-order valence-corrected chi connectivity index (χ2v) is 20.7. The minimum Gasteiger partial charge on any atom is -0.507 e. The molecule has 9 rings (SSSR count). The van der Waals surface area contributed by atoms with E-state index in [9.17, 15) is 7.85 Å². The molecule has 0 fully saturated rings. The standard InChI is InChI=1S/C63H62N3O.Pt/c1-40(2)50-38-52(43-26-19-14-20-27-43)57(39-51(50)42-24-17-13-18-25-42)66-56-29-21-28-49(58(56)65-60(66)53-36-48(62(6,7)8)37-54(59(53)67)63(9,10)11)45-32-46(34-47(33-45)61(3,4)5)55-35-44(30-31-64-55)41-22-15-12-16-23-41;/h12-31,33-40,67H,1-11H3;/q-1;/i12D,15D,16D,22D,23D,30D,31D,35D,40D;. The van der Waals surface area contributed by atoms with Crippen molar-refractivity contribution in [3.05, 3.63) is 192 Å². The summed E-state index contributed by atoms with van der Waals surface area (Å²) in [4.78, 5) is 10.1. The van der Waals surface area contributed by atoms with Gasteiger partial charge < -0.3 is 5.11 Å². The average molecular weight is 1080 g/mol. The number of phenols is 1. The fraction of sp³-hybridized carbons (Fsp3) is 0.238. The van der Waals surface area contributed by atoms with Gasteiger partial charge in [0.05, 0.1) is 33.3 Å². The van der Waals surface area contributed by atoms with E-state index in [4.69, 9.17) is 14.6 Å². The number of fused-ring (bicyclic) bond motifs is 1. The van der Waals surface area contributed by atoms with Crippen molar-refractivity contribution in [2.45, 2.75) is 98.3 Å². The van der Waals surface area contributed by atoms with Crippen molar-refractivity contribution in [1.29, 1.82) is 0 Å². The van der Waals surface area contributed by atoms with Crippen molar-refractivity contribution in [1.82, 2.24) is 14.5 Å². The maximum Gasteiger partial charge on any atom is 0.148 e. The van der Waals surface area contributed by atoms with Gasteiger partial charge in [0.1, 0.15) is 11.6 Å². The first-order chi connectivity index (χ1) is 35.5. The molecule has 0 aliphatic carbocycles. The van der Waals surface area contributed by atoms with E-state index in [1.165, 1.54) is 0 Å². The molecule has 1 N–H and O–H groups in total. The summed E-state index contributed by atoms with van der Waals surface area (Å²) in [7, 11) is 0. The van der Waals surface area contributed by atoms with E-state index in [0.29, 0.717) is 39.1 Å². The monoisotopic (exact) mass is 1080 g/mol. The van der Waals surface area contributed by atoms with Gasteiger partial charge in [-0.25, -0.2) is 4.98 Å². The van der Waals surface area contributed by atoms with Gasteiger partial charge in [-0.1, -0.05) is 202 Å². The van der Waals surface area contributed by atoms with Crippen LogP contribution in [0.2, 0.25) is 0 Å². The molecule has 68 heavy (non-hydrogen) atoms. The molecule has 0 atom stereocenters. The summed E-state index contributed by atoms with van der Waals surface area (Å²) in [6.07, 6.45) is -0.537. The van der Waals surface area contributed by atoms with Crippen LogP contribution in [-0.4, -0.2) is 19.6 Å². The predicted octanol–water partition coefficient (Wildman–Crippen LogP) is 16.9. The maximum atomic E-state index is 12.8.